The summed E-state index contributed by atoms with van der Waals surface area (Å²) in [6, 6.07) is 15.7. The van der Waals surface area contributed by atoms with Crippen molar-refractivity contribution < 1.29 is 14.3 Å². The van der Waals surface area contributed by atoms with Crippen LogP contribution in [0.5, 0.6) is 0 Å². The summed E-state index contributed by atoms with van der Waals surface area (Å²) in [5.74, 6) is -0.433. The number of rotatable bonds is 11. The Hall–Kier alpha value is -4.09. The van der Waals surface area contributed by atoms with Gasteiger partial charge in [0.2, 0.25) is 11.7 Å². The van der Waals surface area contributed by atoms with Gasteiger partial charge in [0.15, 0.2) is 10.7 Å². The Morgan fingerprint density at radius 3 is 2.45 bits per heavy atom. The quantitative estimate of drug-likeness (QED) is 0.246. The highest BCUT2D eigenvalue weighted by molar-refractivity contribution is 6.30. The van der Waals surface area contributed by atoms with Crippen molar-refractivity contribution in [2.45, 2.75) is 44.7 Å². The first kappa shape index (κ1) is 27.0. The minimum atomic E-state index is -1.89. The van der Waals surface area contributed by atoms with Gasteiger partial charge in [0.1, 0.15) is 5.82 Å². The molecule has 5 N–H and O–H groups in total. The van der Waals surface area contributed by atoms with Crippen molar-refractivity contribution in [3.63, 3.8) is 0 Å². The molecule has 0 aliphatic rings. The predicted molar refractivity (Wildman–Crippen MR) is 142 cm³/mol. The third kappa shape index (κ3) is 5.43. The Bertz CT molecular complexity index is 1420. The van der Waals surface area contributed by atoms with Crippen molar-refractivity contribution in [2.75, 3.05) is 7.11 Å². The van der Waals surface area contributed by atoms with E-state index in [-0.39, 0.29) is 10.8 Å². The summed E-state index contributed by atoms with van der Waals surface area (Å²) >= 11 is 6.54. The van der Waals surface area contributed by atoms with Crippen LogP contribution in [0, 0.1) is 0 Å². The van der Waals surface area contributed by atoms with Gasteiger partial charge in [-0.2, -0.15) is 5.21 Å². The summed E-state index contributed by atoms with van der Waals surface area (Å²) in [4.78, 5) is 29.2. The third-order valence-corrected chi connectivity index (χ3v) is 6.57. The first-order valence-corrected chi connectivity index (χ1v) is 12.5. The molecular formula is C26H29ClN8O3. The number of nitrogens with one attached hydrogen (secondary N) is 1. The fourth-order valence-corrected chi connectivity index (χ4v) is 4.84. The number of H-pyrrole nitrogens is 1. The maximum atomic E-state index is 12.8. The van der Waals surface area contributed by atoms with E-state index < -0.39 is 23.8 Å². The molecule has 0 bridgehead atoms. The molecule has 0 aliphatic heterocycles. The Labute approximate surface area is 224 Å². The Kier molecular flexibility index (Phi) is 8.18. The molecule has 11 nitrogen and oxygen atoms in total. The largest absolute Gasteiger partial charge is 0.467 e. The van der Waals surface area contributed by atoms with E-state index in [0.717, 1.165) is 35.1 Å². The van der Waals surface area contributed by atoms with Crippen LogP contribution in [0.3, 0.4) is 0 Å². The predicted octanol–water partition coefficient (Wildman–Crippen LogP) is 2.98. The standard InChI is InChI=1S/C26H29ClN8O3/c1-3-4-9-21-30-23(27)22(26(29,14-20(28)36)25(37)38-2)35(21)15-16-10-12-17(13-11-16)18-7-5-6-8-19(18)24-31-33-34-32-24/h5-8,10-13H,3-4,9,14-15,29H2,1-2H3,(H2,28,36)(H,31,32,33,34)/t26-/m0/s1. The van der Waals surface area contributed by atoms with Crippen LogP contribution in [0.4, 0.5) is 0 Å². The van der Waals surface area contributed by atoms with E-state index >= 15 is 0 Å². The van der Waals surface area contributed by atoms with E-state index in [1.807, 2.05) is 48.5 Å². The first-order valence-electron chi connectivity index (χ1n) is 12.1. The van der Waals surface area contributed by atoms with Gasteiger partial charge in [-0.1, -0.05) is 73.5 Å². The Morgan fingerprint density at radius 2 is 1.84 bits per heavy atom. The van der Waals surface area contributed by atoms with Crippen molar-refractivity contribution >= 4 is 23.5 Å². The molecule has 0 saturated heterocycles. The maximum absolute atomic E-state index is 12.8. The number of imidazole rings is 1. The fourth-order valence-electron chi connectivity index (χ4n) is 4.48. The number of primary amides is 1. The van der Waals surface area contributed by atoms with E-state index in [1.165, 1.54) is 7.11 Å². The van der Waals surface area contributed by atoms with Crippen LogP contribution in [0.2, 0.25) is 5.15 Å². The Morgan fingerprint density at radius 1 is 1.13 bits per heavy atom. The number of nitrogens with zero attached hydrogens (tertiary/aromatic N) is 5. The number of halogens is 1. The number of benzene rings is 2. The lowest BCUT2D eigenvalue weighted by molar-refractivity contribution is -0.149. The van der Waals surface area contributed by atoms with Crippen molar-refractivity contribution in [1.82, 2.24) is 30.2 Å². The number of methoxy groups -OCH3 is 1. The van der Waals surface area contributed by atoms with E-state index in [9.17, 15) is 9.59 Å². The maximum Gasteiger partial charge on any atom is 0.332 e. The smallest absolute Gasteiger partial charge is 0.332 e. The number of nitrogens with two attached hydrogens (primary N) is 2. The van der Waals surface area contributed by atoms with Crippen molar-refractivity contribution in [1.29, 1.82) is 0 Å². The lowest BCUT2D eigenvalue weighted by atomic mass is 9.92. The van der Waals surface area contributed by atoms with Crippen molar-refractivity contribution in [3.8, 4) is 22.5 Å². The summed E-state index contributed by atoms with van der Waals surface area (Å²) in [6.45, 7) is 2.38. The lowest BCUT2D eigenvalue weighted by Gasteiger charge is -2.27. The number of aromatic amines is 1. The van der Waals surface area contributed by atoms with Gasteiger partial charge in [0, 0.05) is 18.5 Å². The number of ether oxygens (including phenoxy) is 1. The third-order valence-electron chi connectivity index (χ3n) is 6.30. The van der Waals surface area contributed by atoms with Gasteiger partial charge >= 0.3 is 5.97 Å². The van der Waals surface area contributed by atoms with Gasteiger partial charge in [-0.05, 0) is 28.3 Å². The van der Waals surface area contributed by atoms with Crippen LogP contribution in [0.15, 0.2) is 48.5 Å². The minimum absolute atomic E-state index is 0.0379. The number of carbonyl (C=O) groups is 2. The second kappa shape index (κ2) is 11.5. The van der Waals surface area contributed by atoms with E-state index in [1.54, 1.807) is 4.57 Å². The zero-order chi connectivity index (χ0) is 27.3. The number of carbonyl (C=O) groups excluding carboxylic acids is 2. The number of esters is 1. The number of hydrogen-bond donors (Lipinski definition) is 3. The molecule has 4 rings (SSSR count). The Balaban J connectivity index is 1.74. The SMILES string of the molecule is CCCCc1nc(Cl)c([C@@](N)(CC(N)=O)C(=O)OC)n1Cc1ccc(-c2ccccc2-c2nn[nH]n2)cc1. The van der Waals surface area contributed by atoms with Crippen LogP contribution in [0.25, 0.3) is 22.5 Å². The molecule has 0 fully saturated rings. The highest BCUT2D eigenvalue weighted by atomic mass is 35.5. The van der Waals surface area contributed by atoms with Gasteiger partial charge in [0.25, 0.3) is 0 Å². The highest BCUT2D eigenvalue weighted by Gasteiger charge is 2.44. The van der Waals surface area contributed by atoms with Gasteiger partial charge in [-0.25, -0.2) is 9.78 Å². The molecular weight excluding hydrogens is 508 g/mol. The van der Waals surface area contributed by atoms with Crippen molar-refractivity contribution in [2.24, 2.45) is 11.5 Å². The second-order valence-electron chi connectivity index (χ2n) is 8.94. The van der Waals surface area contributed by atoms with Gasteiger partial charge in [-0.3, -0.25) is 4.79 Å². The van der Waals surface area contributed by atoms with Crippen LogP contribution in [0.1, 0.15) is 43.3 Å². The molecule has 2 heterocycles. The van der Waals surface area contributed by atoms with E-state index in [4.69, 9.17) is 27.8 Å². The average Bonchev–Trinajstić information content (AvgIpc) is 3.55. The van der Waals surface area contributed by atoms with Gasteiger partial charge in [-0.15, -0.1) is 10.2 Å². The number of amides is 1. The topological polar surface area (TPSA) is 168 Å². The van der Waals surface area contributed by atoms with Crippen LogP contribution in [-0.4, -0.2) is 49.2 Å². The molecule has 198 valence electrons. The molecule has 0 aliphatic carbocycles. The molecule has 12 heteroatoms. The molecule has 2 aromatic heterocycles. The monoisotopic (exact) mass is 536 g/mol. The number of tetrazole rings is 1. The molecule has 38 heavy (non-hydrogen) atoms. The zero-order valence-corrected chi connectivity index (χ0v) is 21.9. The number of unbranched alkanes of at least 4 members (excludes halogenated alkanes) is 1. The molecule has 0 spiro atoms. The summed E-state index contributed by atoms with van der Waals surface area (Å²) in [5.41, 5.74) is 13.9. The van der Waals surface area contributed by atoms with E-state index in [0.29, 0.717) is 24.6 Å². The summed E-state index contributed by atoms with van der Waals surface area (Å²) < 4.78 is 6.73. The minimum Gasteiger partial charge on any atom is -0.467 e. The van der Waals surface area contributed by atoms with Crippen molar-refractivity contribution in [3.05, 3.63) is 70.8 Å². The summed E-state index contributed by atoms with van der Waals surface area (Å²) in [5, 5.41) is 14.4. The zero-order valence-electron chi connectivity index (χ0n) is 21.1. The number of hydrogen-bond acceptors (Lipinski definition) is 8. The van der Waals surface area contributed by atoms with E-state index in [2.05, 4.69) is 32.5 Å². The molecule has 1 amide bonds. The number of aryl methyl sites for hydroxylation is 1. The summed E-state index contributed by atoms with van der Waals surface area (Å²) in [7, 11) is 1.20. The second-order valence-corrected chi connectivity index (χ2v) is 9.30. The van der Waals surface area contributed by atoms with Crippen LogP contribution >= 0.6 is 11.6 Å². The summed E-state index contributed by atoms with van der Waals surface area (Å²) in [6.07, 6.45) is 1.91. The molecule has 0 saturated carbocycles. The molecule has 0 radical (unpaired) electrons. The van der Waals surface area contributed by atoms with Gasteiger partial charge < -0.3 is 20.8 Å². The molecule has 4 aromatic rings. The highest BCUT2D eigenvalue weighted by Crippen LogP contribution is 2.34. The fraction of sp³-hybridized carbons (Fsp3) is 0.308. The van der Waals surface area contributed by atoms with Crippen LogP contribution < -0.4 is 11.5 Å². The molecule has 2 aromatic carbocycles. The molecule has 1 atom stereocenters. The normalized spacial score (nSPS) is 12.7. The molecule has 0 unspecified atom stereocenters. The van der Waals surface area contributed by atoms with Crippen LogP contribution in [-0.2, 0) is 32.8 Å². The first-order chi connectivity index (χ1) is 18.3. The number of aromatic nitrogens is 6. The lowest BCUT2D eigenvalue weighted by Crippen LogP contribution is -2.50. The average molecular weight is 537 g/mol. The van der Waals surface area contributed by atoms with Gasteiger partial charge in [0.05, 0.1) is 19.2 Å².